The number of hydrogen-bond donors (Lipinski definition) is 3. The third kappa shape index (κ3) is 6.56. The number of aromatic nitrogens is 1. The maximum absolute atomic E-state index is 12.7. The summed E-state index contributed by atoms with van der Waals surface area (Å²) in [6.45, 7) is 4.33. The minimum absolute atomic E-state index is 0.0138. The summed E-state index contributed by atoms with van der Waals surface area (Å²) in [4.78, 5) is 27.8. The minimum atomic E-state index is -0.206. The standard InChI is InChI=1S/C28H36ClN5O3/c1-33-18-22(20-8-4-5-9-25(20)33)28(36)31-11-6-3-7-12-34-13-10-19(17-34)16-32-27(35)21-14-23(29)24(30)15-26(21)37-2/h4-5,8-9,14-15,18-19H,3,6-7,10-13,16-17,30H2,1-2H3,(H,31,36)(H,32,35). The number of likely N-dealkylation sites (tertiary alicyclic amines) is 1. The summed E-state index contributed by atoms with van der Waals surface area (Å²) in [6, 6.07) is 11.1. The van der Waals surface area contributed by atoms with Gasteiger partial charge in [0.25, 0.3) is 11.8 Å². The molecule has 9 heteroatoms. The van der Waals surface area contributed by atoms with Gasteiger partial charge < -0.3 is 30.6 Å². The number of nitrogens with one attached hydrogen (secondary N) is 2. The molecule has 2 heterocycles. The van der Waals surface area contributed by atoms with Crippen LogP contribution in [0.1, 0.15) is 46.4 Å². The molecule has 0 aliphatic carbocycles. The molecular formula is C28H36ClN5O3. The third-order valence-corrected chi connectivity index (χ3v) is 7.39. The number of nitrogens with two attached hydrogens (primary N) is 1. The van der Waals surface area contributed by atoms with Crippen LogP contribution in [0.25, 0.3) is 10.9 Å². The Morgan fingerprint density at radius 1 is 1.11 bits per heavy atom. The predicted molar refractivity (Wildman–Crippen MR) is 148 cm³/mol. The summed E-state index contributed by atoms with van der Waals surface area (Å²) >= 11 is 6.09. The van der Waals surface area contributed by atoms with Gasteiger partial charge in [-0.3, -0.25) is 9.59 Å². The van der Waals surface area contributed by atoms with Crippen molar-refractivity contribution >= 4 is 40.0 Å². The Hall–Kier alpha value is -3.23. The van der Waals surface area contributed by atoms with Crippen LogP contribution in [0.5, 0.6) is 5.75 Å². The van der Waals surface area contributed by atoms with Crippen LogP contribution < -0.4 is 21.1 Å². The number of ether oxygens (including phenoxy) is 1. The SMILES string of the molecule is COc1cc(N)c(Cl)cc1C(=O)NCC1CCN(CCCCCNC(=O)c2cn(C)c3ccccc23)C1. The molecule has 1 atom stereocenters. The van der Waals surface area contributed by atoms with Crippen LogP contribution in [0.3, 0.4) is 0 Å². The predicted octanol–water partition coefficient (Wildman–Crippen LogP) is 4.07. The number of para-hydroxylation sites is 1. The Morgan fingerprint density at radius 3 is 2.70 bits per heavy atom. The number of nitrogen functional groups attached to an aromatic ring is 1. The molecule has 0 radical (unpaired) electrons. The van der Waals surface area contributed by atoms with Crippen molar-refractivity contribution in [3.8, 4) is 5.75 Å². The van der Waals surface area contributed by atoms with Gasteiger partial charge in [-0.05, 0) is 50.4 Å². The molecule has 1 aromatic heterocycles. The number of aryl methyl sites for hydroxylation is 1. The molecule has 8 nitrogen and oxygen atoms in total. The molecule has 0 spiro atoms. The molecule has 4 rings (SSSR count). The van der Waals surface area contributed by atoms with Gasteiger partial charge in [0.05, 0.1) is 28.9 Å². The first-order chi connectivity index (χ1) is 17.9. The Balaban J connectivity index is 1.12. The van der Waals surface area contributed by atoms with Crippen LogP contribution in [0.4, 0.5) is 5.69 Å². The van der Waals surface area contributed by atoms with E-state index < -0.39 is 0 Å². The molecule has 37 heavy (non-hydrogen) atoms. The second-order valence-electron chi connectivity index (χ2n) is 9.73. The molecule has 198 valence electrons. The van der Waals surface area contributed by atoms with Crippen LogP contribution in [0.15, 0.2) is 42.6 Å². The quantitative estimate of drug-likeness (QED) is 0.259. The van der Waals surface area contributed by atoms with Gasteiger partial charge in [-0.15, -0.1) is 0 Å². The zero-order chi connectivity index (χ0) is 26.4. The number of fused-ring (bicyclic) bond motifs is 1. The van der Waals surface area contributed by atoms with Crippen molar-refractivity contribution in [2.24, 2.45) is 13.0 Å². The fourth-order valence-electron chi connectivity index (χ4n) is 4.99. The summed E-state index contributed by atoms with van der Waals surface area (Å²) in [5.74, 6) is 0.614. The largest absolute Gasteiger partial charge is 0.496 e. The van der Waals surface area contributed by atoms with E-state index in [1.54, 1.807) is 12.1 Å². The average molecular weight is 526 g/mol. The van der Waals surface area contributed by atoms with Crippen molar-refractivity contribution in [1.82, 2.24) is 20.1 Å². The van der Waals surface area contributed by atoms with E-state index in [9.17, 15) is 9.59 Å². The summed E-state index contributed by atoms with van der Waals surface area (Å²) in [6.07, 6.45) is 6.06. The number of methoxy groups -OCH3 is 1. The molecule has 1 aliphatic rings. The highest BCUT2D eigenvalue weighted by Gasteiger charge is 2.23. The number of carbonyl (C=O) groups is 2. The van der Waals surface area contributed by atoms with Gasteiger partial charge in [-0.1, -0.05) is 36.2 Å². The normalized spacial score (nSPS) is 15.7. The minimum Gasteiger partial charge on any atom is -0.496 e. The van der Waals surface area contributed by atoms with Crippen LogP contribution in [0, 0.1) is 5.92 Å². The number of unbranched alkanes of at least 4 members (excludes halogenated alkanes) is 2. The van der Waals surface area contributed by atoms with Crippen molar-refractivity contribution in [1.29, 1.82) is 0 Å². The number of benzene rings is 2. The zero-order valence-electron chi connectivity index (χ0n) is 21.6. The maximum atomic E-state index is 12.7. The lowest BCUT2D eigenvalue weighted by Crippen LogP contribution is -2.31. The molecule has 1 fully saturated rings. The molecule has 0 saturated carbocycles. The van der Waals surface area contributed by atoms with E-state index in [1.807, 2.05) is 42.1 Å². The average Bonchev–Trinajstić information content (AvgIpc) is 3.50. The first kappa shape index (κ1) is 26.8. The number of halogens is 1. The third-order valence-electron chi connectivity index (χ3n) is 7.06. The van der Waals surface area contributed by atoms with E-state index in [1.165, 1.54) is 7.11 Å². The molecule has 4 N–H and O–H groups in total. The summed E-state index contributed by atoms with van der Waals surface area (Å²) in [7, 11) is 3.47. The fraction of sp³-hybridized carbons (Fsp3) is 0.429. The summed E-state index contributed by atoms with van der Waals surface area (Å²) in [5, 5.41) is 7.41. The van der Waals surface area contributed by atoms with Gasteiger partial charge in [0.1, 0.15) is 5.75 Å². The van der Waals surface area contributed by atoms with E-state index in [2.05, 4.69) is 15.5 Å². The van der Waals surface area contributed by atoms with E-state index >= 15 is 0 Å². The van der Waals surface area contributed by atoms with Gasteiger partial charge in [-0.2, -0.15) is 0 Å². The van der Waals surface area contributed by atoms with Gasteiger partial charge in [0.2, 0.25) is 0 Å². The van der Waals surface area contributed by atoms with Crippen molar-refractivity contribution < 1.29 is 14.3 Å². The molecule has 0 bridgehead atoms. The van der Waals surface area contributed by atoms with Crippen LogP contribution in [-0.2, 0) is 7.05 Å². The highest BCUT2D eigenvalue weighted by atomic mass is 35.5. The topological polar surface area (TPSA) is 102 Å². The van der Waals surface area contributed by atoms with Gasteiger partial charge >= 0.3 is 0 Å². The van der Waals surface area contributed by atoms with E-state index in [0.717, 1.165) is 61.8 Å². The van der Waals surface area contributed by atoms with Crippen molar-refractivity contribution in [2.75, 3.05) is 45.6 Å². The second kappa shape index (κ2) is 12.3. The Bertz CT molecular complexity index is 1260. The van der Waals surface area contributed by atoms with E-state index in [0.29, 0.717) is 41.0 Å². The maximum Gasteiger partial charge on any atom is 0.255 e. The summed E-state index contributed by atoms with van der Waals surface area (Å²) < 4.78 is 7.27. The monoisotopic (exact) mass is 525 g/mol. The summed E-state index contributed by atoms with van der Waals surface area (Å²) in [5.41, 5.74) is 8.37. The van der Waals surface area contributed by atoms with Crippen LogP contribution in [0.2, 0.25) is 5.02 Å². The fourth-order valence-corrected chi connectivity index (χ4v) is 5.15. The lowest BCUT2D eigenvalue weighted by molar-refractivity contribution is 0.0940. The Labute approximate surface area is 223 Å². The van der Waals surface area contributed by atoms with Crippen molar-refractivity contribution in [2.45, 2.75) is 25.7 Å². The highest BCUT2D eigenvalue weighted by molar-refractivity contribution is 6.33. The number of anilines is 1. The van der Waals surface area contributed by atoms with E-state index in [4.69, 9.17) is 22.1 Å². The molecule has 2 aromatic carbocycles. The lowest BCUT2D eigenvalue weighted by atomic mass is 10.1. The zero-order valence-corrected chi connectivity index (χ0v) is 22.3. The first-order valence-electron chi connectivity index (χ1n) is 12.8. The number of amides is 2. The van der Waals surface area contributed by atoms with Gasteiger partial charge in [0.15, 0.2) is 0 Å². The Kier molecular flexibility index (Phi) is 8.95. The molecular weight excluding hydrogens is 490 g/mol. The van der Waals surface area contributed by atoms with Crippen LogP contribution in [-0.4, -0.2) is 61.1 Å². The Morgan fingerprint density at radius 2 is 1.89 bits per heavy atom. The number of hydrogen-bond acceptors (Lipinski definition) is 5. The molecule has 1 aliphatic heterocycles. The molecule has 1 unspecified atom stereocenters. The van der Waals surface area contributed by atoms with Crippen LogP contribution >= 0.6 is 11.6 Å². The second-order valence-corrected chi connectivity index (χ2v) is 10.1. The first-order valence-corrected chi connectivity index (χ1v) is 13.2. The smallest absolute Gasteiger partial charge is 0.255 e. The van der Waals surface area contributed by atoms with Gasteiger partial charge in [0, 0.05) is 49.8 Å². The van der Waals surface area contributed by atoms with Crippen molar-refractivity contribution in [3.05, 3.63) is 58.7 Å². The number of nitrogens with zero attached hydrogens (tertiary/aromatic N) is 2. The molecule has 2 amide bonds. The molecule has 1 saturated heterocycles. The number of rotatable bonds is 11. The van der Waals surface area contributed by atoms with Gasteiger partial charge in [-0.25, -0.2) is 0 Å². The number of carbonyl (C=O) groups excluding carboxylic acids is 2. The molecule has 3 aromatic rings. The van der Waals surface area contributed by atoms with Crippen molar-refractivity contribution in [3.63, 3.8) is 0 Å². The highest BCUT2D eigenvalue weighted by Crippen LogP contribution is 2.29. The van der Waals surface area contributed by atoms with E-state index in [-0.39, 0.29) is 11.8 Å². The lowest BCUT2D eigenvalue weighted by Gasteiger charge is -2.17.